The van der Waals surface area contributed by atoms with E-state index in [0.29, 0.717) is 26.2 Å². The molecule has 0 aliphatic carbocycles. The minimum Gasteiger partial charge on any atom is -0.351 e. The maximum absolute atomic E-state index is 13.6. The standard InChI is InChI=1S/C21H26FN3O3S.ClH/c22-20-9-5-4-8-19(20)21(26)23-11-17-29(27,28)25-15-13-24(14-16-25)12-10-18-6-2-1-3-7-18;/h1-9H,10-17H2,(H,23,26);1H. The Bertz CT molecular complexity index is 920. The van der Waals surface area contributed by atoms with Gasteiger partial charge in [-0.15, -0.1) is 12.4 Å². The van der Waals surface area contributed by atoms with Gasteiger partial charge in [0.1, 0.15) is 5.82 Å². The number of nitrogens with zero attached hydrogens (tertiary/aromatic N) is 2. The number of sulfonamides is 1. The maximum atomic E-state index is 13.6. The monoisotopic (exact) mass is 455 g/mol. The predicted molar refractivity (Wildman–Crippen MR) is 118 cm³/mol. The Morgan fingerprint density at radius 1 is 0.967 bits per heavy atom. The molecule has 0 saturated carbocycles. The molecule has 1 aliphatic rings. The van der Waals surface area contributed by atoms with Crippen LogP contribution in [0, 0.1) is 5.82 Å². The van der Waals surface area contributed by atoms with Gasteiger partial charge in [-0.1, -0.05) is 42.5 Å². The van der Waals surface area contributed by atoms with Gasteiger partial charge in [-0.25, -0.2) is 12.8 Å². The number of carbonyl (C=O) groups is 1. The largest absolute Gasteiger partial charge is 0.351 e. The van der Waals surface area contributed by atoms with Crippen LogP contribution < -0.4 is 5.32 Å². The zero-order chi connectivity index (χ0) is 20.7. The molecule has 0 radical (unpaired) electrons. The summed E-state index contributed by atoms with van der Waals surface area (Å²) in [6.07, 6.45) is 0.940. The van der Waals surface area contributed by atoms with Gasteiger partial charge >= 0.3 is 0 Å². The lowest BCUT2D eigenvalue weighted by atomic mass is 10.1. The Morgan fingerprint density at radius 3 is 2.27 bits per heavy atom. The van der Waals surface area contributed by atoms with Gasteiger partial charge in [-0.2, -0.15) is 4.31 Å². The van der Waals surface area contributed by atoms with Gasteiger partial charge in [0.2, 0.25) is 10.0 Å². The van der Waals surface area contributed by atoms with Crippen molar-refractivity contribution in [3.05, 3.63) is 71.5 Å². The van der Waals surface area contributed by atoms with Crippen LogP contribution in [0.5, 0.6) is 0 Å². The lowest BCUT2D eigenvalue weighted by Gasteiger charge is -2.34. The molecule has 1 N–H and O–H groups in total. The van der Waals surface area contributed by atoms with Crippen molar-refractivity contribution >= 4 is 28.3 Å². The Hall–Kier alpha value is -2.00. The molecular weight excluding hydrogens is 429 g/mol. The van der Waals surface area contributed by atoms with Crippen LogP contribution >= 0.6 is 12.4 Å². The number of hydrogen-bond donors (Lipinski definition) is 1. The van der Waals surface area contributed by atoms with Crippen molar-refractivity contribution in [3.8, 4) is 0 Å². The van der Waals surface area contributed by atoms with Crippen molar-refractivity contribution in [1.29, 1.82) is 0 Å². The molecule has 3 rings (SSSR count). The highest BCUT2D eigenvalue weighted by Gasteiger charge is 2.26. The quantitative estimate of drug-likeness (QED) is 0.662. The molecule has 0 bridgehead atoms. The van der Waals surface area contributed by atoms with Gasteiger partial charge in [0, 0.05) is 39.3 Å². The molecule has 1 saturated heterocycles. The van der Waals surface area contributed by atoms with Crippen molar-refractivity contribution in [2.75, 3.05) is 45.0 Å². The minimum atomic E-state index is -3.46. The second-order valence-electron chi connectivity index (χ2n) is 7.03. The summed E-state index contributed by atoms with van der Waals surface area (Å²) < 4.78 is 40.2. The number of amides is 1. The molecule has 1 fully saturated rings. The second kappa shape index (κ2) is 11.4. The molecule has 0 atom stereocenters. The van der Waals surface area contributed by atoms with Crippen molar-refractivity contribution in [2.24, 2.45) is 0 Å². The van der Waals surface area contributed by atoms with Crippen molar-refractivity contribution in [1.82, 2.24) is 14.5 Å². The van der Waals surface area contributed by atoms with Crippen molar-refractivity contribution in [3.63, 3.8) is 0 Å². The molecule has 1 aliphatic heterocycles. The second-order valence-corrected chi connectivity index (χ2v) is 9.12. The van der Waals surface area contributed by atoms with E-state index in [1.165, 1.54) is 28.1 Å². The molecular formula is C21H27ClFN3O3S. The lowest BCUT2D eigenvalue weighted by molar-refractivity contribution is 0.0952. The van der Waals surface area contributed by atoms with Gasteiger partial charge in [0.05, 0.1) is 11.3 Å². The zero-order valence-corrected chi connectivity index (χ0v) is 18.3. The molecule has 1 heterocycles. The van der Waals surface area contributed by atoms with Crippen LogP contribution in [-0.2, 0) is 16.4 Å². The van der Waals surface area contributed by atoms with E-state index < -0.39 is 21.7 Å². The Kier molecular flexibility index (Phi) is 9.23. The van der Waals surface area contributed by atoms with E-state index in [1.807, 2.05) is 18.2 Å². The first-order valence-corrected chi connectivity index (χ1v) is 11.3. The van der Waals surface area contributed by atoms with Gasteiger partial charge in [-0.05, 0) is 24.1 Å². The van der Waals surface area contributed by atoms with Crippen LogP contribution in [0.25, 0.3) is 0 Å². The fourth-order valence-electron chi connectivity index (χ4n) is 3.33. The first kappa shape index (κ1) is 24.3. The fraction of sp³-hybridized carbons (Fsp3) is 0.381. The average molecular weight is 456 g/mol. The van der Waals surface area contributed by atoms with E-state index in [4.69, 9.17) is 0 Å². The smallest absolute Gasteiger partial charge is 0.254 e. The van der Waals surface area contributed by atoms with Gasteiger partial charge in [0.15, 0.2) is 0 Å². The summed E-state index contributed by atoms with van der Waals surface area (Å²) in [5.41, 5.74) is 1.19. The third-order valence-electron chi connectivity index (χ3n) is 5.05. The first-order chi connectivity index (χ1) is 14.0. The number of carbonyl (C=O) groups excluding carboxylic acids is 1. The third-order valence-corrected chi connectivity index (χ3v) is 6.92. The van der Waals surface area contributed by atoms with E-state index in [1.54, 1.807) is 6.07 Å². The van der Waals surface area contributed by atoms with E-state index in [-0.39, 0.29) is 30.3 Å². The fourth-order valence-corrected chi connectivity index (χ4v) is 4.66. The number of piperazine rings is 1. The number of hydrogen-bond acceptors (Lipinski definition) is 4. The Morgan fingerprint density at radius 2 is 1.60 bits per heavy atom. The Labute approximate surface area is 183 Å². The van der Waals surface area contributed by atoms with E-state index in [2.05, 4.69) is 22.3 Å². The summed E-state index contributed by atoms with van der Waals surface area (Å²) >= 11 is 0. The van der Waals surface area contributed by atoms with Gasteiger partial charge in [0.25, 0.3) is 5.91 Å². The summed E-state index contributed by atoms with van der Waals surface area (Å²) in [5.74, 6) is -1.43. The normalized spacial score (nSPS) is 15.4. The van der Waals surface area contributed by atoms with Crippen LogP contribution in [0.1, 0.15) is 15.9 Å². The number of benzene rings is 2. The van der Waals surface area contributed by atoms with Crippen LogP contribution in [-0.4, -0.2) is 68.6 Å². The molecule has 30 heavy (non-hydrogen) atoms. The Balaban J connectivity index is 0.00000320. The van der Waals surface area contributed by atoms with E-state index in [9.17, 15) is 17.6 Å². The zero-order valence-electron chi connectivity index (χ0n) is 16.7. The summed E-state index contributed by atoms with van der Waals surface area (Å²) in [6, 6.07) is 15.8. The lowest BCUT2D eigenvalue weighted by Crippen LogP contribution is -2.50. The molecule has 164 valence electrons. The number of rotatable bonds is 8. The summed E-state index contributed by atoms with van der Waals surface area (Å²) in [6.45, 7) is 3.11. The van der Waals surface area contributed by atoms with E-state index >= 15 is 0 Å². The van der Waals surface area contributed by atoms with Crippen molar-refractivity contribution < 1.29 is 17.6 Å². The predicted octanol–water partition coefficient (Wildman–Crippen LogP) is 2.17. The van der Waals surface area contributed by atoms with Gasteiger partial charge in [-0.3, -0.25) is 4.79 Å². The third kappa shape index (κ3) is 6.77. The summed E-state index contributed by atoms with van der Waals surface area (Å²) in [4.78, 5) is 14.3. The molecule has 2 aromatic rings. The van der Waals surface area contributed by atoms with Crippen LogP contribution in [0.3, 0.4) is 0 Å². The molecule has 6 nitrogen and oxygen atoms in total. The first-order valence-electron chi connectivity index (χ1n) is 9.72. The average Bonchev–Trinajstić information content (AvgIpc) is 2.73. The molecule has 0 aromatic heterocycles. The molecule has 0 unspecified atom stereocenters. The van der Waals surface area contributed by atoms with Crippen molar-refractivity contribution in [2.45, 2.75) is 6.42 Å². The van der Waals surface area contributed by atoms with E-state index in [0.717, 1.165) is 13.0 Å². The topological polar surface area (TPSA) is 69.7 Å². The summed E-state index contributed by atoms with van der Waals surface area (Å²) in [5, 5.41) is 2.49. The highest BCUT2D eigenvalue weighted by Crippen LogP contribution is 2.10. The highest BCUT2D eigenvalue weighted by atomic mass is 35.5. The highest BCUT2D eigenvalue weighted by molar-refractivity contribution is 7.89. The SMILES string of the molecule is Cl.O=C(NCCS(=O)(=O)N1CCN(CCc2ccccc2)CC1)c1ccccc1F. The number of halogens is 2. The van der Waals surface area contributed by atoms with Crippen LogP contribution in [0.2, 0.25) is 0 Å². The minimum absolute atomic E-state index is 0. The molecule has 9 heteroatoms. The maximum Gasteiger partial charge on any atom is 0.254 e. The van der Waals surface area contributed by atoms with Gasteiger partial charge < -0.3 is 10.2 Å². The van der Waals surface area contributed by atoms with Crippen LogP contribution in [0.4, 0.5) is 4.39 Å². The summed E-state index contributed by atoms with van der Waals surface area (Å²) in [7, 11) is -3.46. The number of nitrogens with one attached hydrogen (secondary N) is 1. The molecule has 0 spiro atoms. The van der Waals surface area contributed by atoms with Crippen LogP contribution in [0.15, 0.2) is 54.6 Å². The molecule has 2 aromatic carbocycles. The molecule has 1 amide bonds.